The lowest BCUT2D eigenvalue weighted by Gasteiger charge is -2.47. The zero-order valence-corrected chi connectivity index (χ0v) is 21.1. The van der Waals surface area contributed by atoms with Crippen LogP contribution in [0.4, 0.5) is 0 Å². The van der Waals surface area contributed by atoms with Crippen molar-refractivity contribution in [3.63, 3.8) is 0 Å². The summed E-state index contributed by atoms with van der Waals surface area (Å²) in [7, 11) is 0. The number of hydrogen-bond donors (Lipinski definition) is 5. The van der Waals surface area contributed by atoms with Crippen molar-refractivity contribution < 1.29 is 30.0 Å². The van der Waals surface area contributed by atoms with Crippen LogP contribution in [-0.4, -0.2) is 67.6 Å². The van der Waals surface area contributed by atoms with Gasteiger partial charge in [0, 0.05) is 28.1 Å². The van der Waals surface area contributed by atoms with Gasteiger partial charge in [0.05, 0.1) is 12.2 Å². The largest absolute Gasteiger partial charge is 0.394 e. The molecule has 4 aromatic rings. The molecular weight excluding hydrogens is 528 g/mol. The van der Waals surface area contributed by atoms with Crippen LogP contribution in [0.5, 0.6) is 0 Å². The Labute approximate surface area is 215 Å². The molecule has 1 fully saturated rings. The summed E-state index contributed by atoms with van der Waals surface area (Å²) in [6.07, 6.45) is -4.14. The van der Waals surface area contributed by atoms with Crippen molar-refractivity contribution in [2.24, 2.45) is 0 Å². The Balaban J connectivity index is 1.49. The van der Waals surface area contributed by atoms with Gasteiger partial charge < -0.3 is 35.0 Å². The molecule has 0 saturated carbocycles. The molecule has 3 aromatic carbocycles. The summed E-state index contributed by atoms with van der Waals surface area (Å²) in [5.74, 6) is -0.547. The lowest BCUT2D eigenvalue weighted by molar-refractivity contribution is -0.278. The summed E-state index contributed by atoms with van der Waals surface area (Å²) in [6, 6.07) is 20.0. The lowest BCUT2D eigenvalue weighted by atomic mass is 9.84. The fourth-order valence-electron chi connectivity index (χ4n) is 4.81. The number of aliphatic hydroxyl groups is 4. The first-order valence-corrected chi connectivity index (χ1v) is 12.4. The highest BCUT2D eigenvalue weighted by Gasteiger charge is 2.53. The molecular formula is C27H27BrN2O6. The zero-order chi connectivity index (χ0) is 25.6. The molecule has 0 bridgehead atoms. The molecule has 0 radical (unpaired) electrons. The van der Waals surface area contributed by atoms with Crippen molar-refractivity contribution in [3.8, 4) is 0 Å². The van der Waals surface area contributed by atoms with Crippen LogP contribution in [0.3, 0.4) is 0 Å². The molecule has 8 nitrogen and oxygen atoms in total. The van der Waals surface area contributed by atoms with Gasteiger partial charge in [0.25, 0.3) is 5.91 Å². The Morgan fingerprint density at radius 1 is 1.08 bits per heavy atom. The average Bonchev–Trinajstić information content (AvgIpc) is 3.22. The Bertz CT molecular complexity index is 1440. The van der Waals surface area contributed by atoms with E-state index in [0.29, 0.717) is 17.5 Å². The number of nitrogens with one attached hydrogen (secondary N) is 1. The van der Waals surface area contributed by atoms with Gasteiger partial charge in [0.2, 0.25) is 0 Å². The number of benzene rings is 3. The summed E-state index contributed by atoms with van der Waals surface area (Å²) in [5, 5.41) is 46.5. The van der Waals surface area contributed by atoms with Crippen LogP contribution < -0.4 is 5.32 Å². The number of hydrogen-bond acceptors (Lipinski definition) is 6. The first-order chi connectivity index (χ1) is 17.2. The minimum Gasteiger partial charge on any atom is -0.394 e. The molecule has 5 atom stereocenters. The maximum Gasteiger partial charge on any atom is 0.254 e. The number of rotatable bonds is 5. The molecule has 1 unspecified atom stereocenters. The second-order valence-electron chi connectivity index (χ2n) is 9.40. The third-order valence-electron chi connectivity index (χ3n) is 6.95. The number of aromatic nitrogens is 1. The second kappa shape index (κ2) is 9.59. The standard InChI is InChI=1S/C27H27BrN2O6/c1-27(24(33)23(32)22(14-31)36-26(27)35)29-25(34)20-13-30(21-9-8-18(28)11-19(20)21)12-15-6-7-16-4-2-3-5-17(16)10-15/h2-11,13,22-24,26,31-33,35H,12,14H2,1H3,(H,29,34)/t22-,23-,24+,26?,27-/m1/s1. The number of carbonyl (C=O) groups is 1. The minimum absolute atomic E-state index is 0.339. The van der Waals surface area contributed by atoms with Gasteiger partial charge in [-0.1, -0.05) is 52.3 Å². The molecule has 5 rings (SSSR count). The Morgan fingerprint density at radius 3 is 2.58 bits per heavy atom. The fraction of sp³-hybridized carbons (Fsp3) is 0.296. The molecule has 1 aliphatic heterocycles. The number of halogens is 1. The van der Waals surface area contributed by atoms with Gasteiger partial charge in [0.15, 0.2) is 6.29 Å². The SMILES string of the molecule is C[C@]1(NC(=O)c2cn(Cc3ccc4ccccc4c3)c3ccc(Br)cc23)C(O)O[C@H](CO)[C@@H](O)[C@@H]1O. The smallest absolute Gasteiger partial charge is 0.254 e. The van der Waals surface area contributed by atoms with E-state index in [9.17, 15) is 25.2 Å². The van der Waals surface area contributed by atoms with Gasteiger partial charge >= 0.3 is 0 Å². The first kappa shape index (κ1) is 24.9. The van der Waals surface area contributed by atoms with E-state index in [1.165, 1.54) is 6.92 Å². The molecule has 0 spiro atoms. The molecule has 1 amide bonds. The van der Waals surface area contributed by atoms with Gasteiger partial charge in [-0.05, 0) is 47.5 Å². The molecule has 188 valence electrons. The van der Waals surface area contributed by atoms with Crippen LogP contribution in [-0.2, 0) is 11.3 Å². The molecule has 36 heavy (non-hydrogen) atoms. The van der Waals surface area contributed by atoms with Gasteiger partial charge in [-0.3, -0.25) is 4.79 Å². The van der Waals surface area contributed by atoms with Crippen molar-refractivity contribution in [3.05, 3.63) is 82.5 Å². The van der Waals surface area contributed by atoms with Gasteiger partial charge in [-0.25, -0.2) is 0 Å². The number of ether oxygens (including phenoxy) is 1. The molecule has 2 heterocycles. The lowest BCUT2D eigenvalue weighted by Crippen LogP contribution is -2.71. The highest BCUT2D eigenvalue weighted by atomic mass is 79.9. The van der Waals surface area contributed by atoms with Crippen LogP contribution in [0.2, 0.25) is 0 Å². The molecule has 9 heteroatoms. The van der Waals surface area contributed by atoms with E-state index in [-0.39, 0.29) is 0 Å². The number of carbonyl (C=O) groups excluding carboxylic acids is 1. The number of fused-ring (bicyclic) bond motifs is 2. The quantitative estimate of drug-likeness (QED) is 0.258. The van der Waals surface area contributed by atoms with Crippen LogP contribution in [0, 0.1) is 0 Å². The summed E-state index contributed by atoms with van der Waals surface area (Å²) < 4.78 is 8.03. The fourth-order valence-corrected chi connectivity index (χ4v) is 5.17. The van der Waals surface area contributed by atoms with Gasteiger partial charge in [-0.2, -0.15) is 0 Å². The normalized spacial score (nSPS) is 26.4. The molecule has 1 aliphatic rings. The third-order valence-corrected chi connectivity index (χ3v) is 7.45. The van der Waals surface area contributed by atoms with Gasteiger partial charge in [-0.15, -0.1) is 0 Å². The summed E-state index contributed by atoms with van der Waals surface area (Å²) in [6.45, 7) is 1.33. The monoisotopic (exact) mass is 554 g/mol. The molecule has 5 N–H and O–H groups in total. The van der Waals surface area contributed by atoms with E-state index < -0.39 is 42.7 Å². The average molecular weight is 555 g/mol. The van der Waals surface area contributed by atoms with Crippen molar-refractivity contribution in [1.82, 2.24) is 9.88 Å². The zero-order valence-electron chi connectivity index (χ0n) is 19.5. The van der Waals surface area contributed by atoms with Crippen LogP contribution in [0.15, 0.2) is 71.3 Å². The second-order valence-corrected chi connectivity index (χ2v) is 10.3. The van der Waals surface area contributed by atoms with E-state index >= 15 is 0 Å². The Hall–Kier alpha value is -2.79. The van der Waals surface area contributed by atoms with Crippen molar-refractivity contribution in [2.45, 2.75) is 43.6 Å². The van der Waals surface area contributed by atoms with E-state index in [0.717, 1.165) is 26.3 Å². The predicted molar refractivity (Wildman–Crippen MR) is 139 cm³/mol. The summed E-state index contributed by atoms with van der Waals surface area (Å²) in [4.78, 5) is 13.5. The number of aliphatic hydroxyl groups excluding tert-OH is 4. The summed E-state index contributed by atoms with van der Waals surface area (Å²) in [5.41, 5.74) is 0.535. The highest BCUT2D eigenvalue weighted by molar-refractivity contribution is 9.10. The van der Waals surface area contributed by atoms with Crippen LogP contribution in [0.25, 0.3) is 21.7 Å². The van der Waals surface area contributed by atoms with Crippen LogP contribution in [0.1, 0.15) is 22.8 Å². The minimum atomic E-state index is -1.71. The molecule has 1 saturated heterocycles. The Morgan fingerprint density at radius 2 is 1.83 bits per heavy atom. The van der Waals surface area contributed by atoms with E-state index in [4.69, 9.17) is 4.74 Å². The maximum atomic E-state index is 13.5. The third kappa shape index (κ3) is 4.32. The molecule has 1 aromatic heterocycles. The molecule has 0 aliphatic carbocycles. The van der Waals surface area contributed by atoms with Gasteiger partial charge in [0.1, 0.15) is 23.9 Å². The van der Waals surface area contributed by atoms with Crippen molar-refractivity contribution in [2.75, 3.05) is 6.61 Å². The van der Waals surface area contributed by atoms with Crippen molar-refractivity contribution >= 4 is 43.5 Å². The Kier molecular flexibility index (Phi) is 6.63. The number of nitrogens with zero attached hydrogens (tertiary/aromatic N) is 1. The van der Waals surface area contributed by atoms with E-state index in [1.54, 1.807) is 6.20 Å². The highest BCUT2D eigenvalue weighted by Crippen LogP contribution is 2.31. The van der Waals surface area contributed by atoms with E-state index in [2.05, 4.69) is 51.6 Å². The maximum absolute atomic E-state index is 13.5. The predicted octanol–water partition coefficient (Wildman–Crippen LogP) is 2.53. The summed E-state index contributed by atoms with van der Waals surface area (Å²) >= 11 is 3.47. The number of amides is 1. The van der Waals surface area contributed by atoms with Crippen LogP contribution >= 0.6 is 15.9 Å². The van der Waals surface area contributed by atoms with E-state index in [1.807, 2.05) is 34.9 Å². The topological polar surface area (TPSA) is 124 Å². The first-order valence-electron chi connectivity index (χ1n) is 11.6. The van der Waals surface area contributed by atoms with Crippen molar-refractivity contribution in [1.29, 1.82) is 0 Å².